The van der Waals surface area contributed by atoms with Gasteiger partial charge in [0, 0.05) is 10.7 Å². The topological polar surface area (TPSA) is 40.5 Å². The molecular weight excluding hydrogens is 264 g/mol. The van der Waals surface area contributed by atoms with Crippen LogP contribution in [0.15, 0.2) is 24.3 Å². The number of carbonyl (C=O) groups is 1. The average Bonchev–Trinajstić information content (AvgIpc) is 2.55. The molecule has 0 spiro atoms. The number of halogens is 3. The van der Waals surface area contributed by atoms with Gasteiger partial charge in [-0.1, -0.05) is 31.5 Å². The smallest absolute Gasteiger partial charge is 0.351 e. The van der Waals surface area contributed by atoms with Crippen molar-refractivity contribution in [2.75, 3.05) is 11.4 Å². The third-order valence-corrected chi connectivity index (χ3v) is 2.66. The Morgan fingerprint density at radius 2 is 2.06 bits per heavy atom. The van der Waals surface area contributed by atoms with Crippen LogP contribution in [0.4, 0.5) is 14.5 Å². The minimum atomic E-state index is -3.72. The van der Waals surface area contributed by atoms with Gasteiger partial charge >= 0.3 is 5.92 Å². The second-order valence-corrected chi connectivity index (χ2v) is 3.97. The Kier molecular flexibility index (Phi) is 4.65. The maximum absolute atomic E-state index is 13.1. The van der Waals surface area contributed by atoms with Crippen molar-refractivity contribution in [1.29, 1.82) is 0 Å². The van der Waals surface area contributed by atoms with E-state index in [1.54, 1.807) is 12.1 Å². The fourth-order valence-corrected chi connectivity index (χ4v) is 1.74. The SMILES string of the molecule is CC.O=C1N(c2cccc(Cl)c2)C[C@H](O)C1(F)F. The Hall–Kier alpha value is -1.20. The van der Waals surface area contributed by atoms with Crippen LogP contribution < -0.4 is 4.90 Å². The summed E-state index contributed by atoms with van der Waals surface area (Å²) in [7, 11) is 0. The third-order valence-electron chi connectivity index (χ3n) is 2.42. The molecule has 0 bridgehead atoms. The van der Waals surface area contributed by atoms with Crippen molar-refractivity contribution in [3.05, 3.63) is 29.3 Å². The molecule has 2 rings (SSSR count). The van der Waals surface area contributed by atoms with Gasteiger partial charge in [0.1, 0.15) is 6.10 Å². The summed E-state index contributed by atoms with van der Waals surface area (Å²) in [5, 5.41) is 9.43. The minimum absolute atomic E-state index is 0.258. The van der Waals surface area contributed by atoms with Crippen molar-refractivity contribution in [3.63, 3.8) is 0 Å². The zero-order chi connectivity index (χ0) is 13.9. The molecular formula is C12H14ClF2NO2. The van der Waals surface area contributed by atoms with E-state index in [9.17, 15) is 13.6 Å². The van der Waals surface area contributed by atoms with Crippen LogP contribution in [0.2, 0.25) is 5.02 Å². The molecule has 0 unspecified atom stereocenters. The summed E-state index contributed by atoms with van der Waals surface area (Å²) >= 11 is 5.69. The number of β-amino-alcohol motifs (C(OH)–C–C–N with tert-alkyl or cyclic N) is 1. The first-order chi connectivity index (χ1) is 8.43. The zero-order valence-electron chi connectivity index (χ0n) is 10.0. The standard InChI is InChI=1S/C10H8ClF2NO2.C2H6/c11-6-2-1-3-7(4-6)14-5-8(15)10(12,13)9(14)16;1-2/h1-4,8,15H,5H2;1-2H3/t8-;/m0./s1. The number of benzene rings is 1. The van der Waals surface area contributed by atoms with Crippen molar-refractivity contribution in [3.8, 4) is 0 Å². The number of nitrogens with zero attached hydrogens (tertiary/aromatic N) is 1. The van der Waals surface area contributed by atoms with E-state index in [-0.39, 0.29) is 5.69 Å². The van der Waals surface area contributed by atoms with Crippen LogP contribution in [0.5, 0.6) is 0 Å². The summed E-state index contributed by atoms with van der Waals surface area (Å²) in [5.41, 5.74) is 0.258. The third kappa shape index (κ3) is 2.62. The summed E-state index contributed by atoms with van der Waals surface area (Å²) in [6.07, 6.45) is -1.97. The van der Waals surface area contributed by atoms with Gasteiger partial charge < -0.3 is 10.0 Å². The monoisotopic (exact) mass is 277 g/mol. The van der Waals surface area contributed by atoms with E-state index < -0.39 is 24.5 Å². The lowest BCUT2D eigenvalue weighted by atomic mass is 10.2. The Balaban J connectivity index is 0.000000771. The molecule has 1 aromatic carbocycles. The molecule has 1 fully saturated rings. The number of amides is 1. The van der Waals surface area contributed by atoms with Crippen LogP contribution in [0, 0.1) is 0 Å². The quantitative estimate of drug-likeness (QED) is 0.857. The van der Waals surface area contributed by atoms with E-state index in [0.29, 0.717) is 5.02 Å². The maximum atomic E-state index is 13.1. The predicted molar refractivity (Wildman–Crippen MR) is 66.1 cm³/mol. The highest BCUT2D eigenvalue weighted by Gasteiger charge is 2.56. The molecule has 0 aliphatic carbocycles. The number of aliphatic hydroxyl groups is 1. The van der Waals surface area contributed by atoms with E-state index >= 15 is 0 Å². The summed E-state index contributed by atoms with van der Waals surface area (Å²) in [6, 6.07) is 6.00. The Morgan fingerprint density at radius 1 is 1.44 bits per heavy atom. The van der Waals surface area contributed by atoms with Gasteiger partial charge in [0.05, 0.1) is 6.54 Å². The predicted octanol–water partition coefficient (Wildman–Crippen LogP) is 2.71. The summed E-state index contributed by atoms with van der Waals surface area (Å²) < 4.78 is 26.2. The maximum Gasteiger partial charge on any atom is 0.351 e. The van der Waals surface area contributed by atoms with Crippen molar-refractivity contribution in [2.45, 2.75) is 25.9 Å². The minimum Gasteiger partial charge on any atom is -0.384 e. The first-order valence-corrected chi connectivity index (χ1v) is 5.94. The number of anilines is 1. The van der Waals surface area contributed by atoms with Crippen LogP contribution in [0.3, 0.4) is 0 Å². The average molecular weight is 278 g/mol. The molecule has 1 saturated heterocycles. The fourth-order valence-electron chi connectivity index (χ4n) is 1.56. The molecule has 0 radical (unpaired) electrons. The summed E-state index contributed by atoms with van der Waals surface area (Å²) in [6.45, 7) is 3.58. The molecule has 0 saturated carbocycles. The van der Waals surface area contributed by atoms with Gasteiger partial charge in [0.2, 0.25) is 0 Å². The van der Waals surface area contributed by atoms with Crippen molar-refractivity contribution >= 4 is 23.2 Å². The molecule has 3 nitrogen and oxygen atoms in total. The fraction of sp³-hybridized carbons (Fsp3) is 0.417. The van der Waals surface area contributed by atoms with Gasteiger partial charge in [0.15, 0.2) is 0 Å². The number of hydrogen-bond acceptors (Lipinski definition) is 2. The van der Waals surface area contributed by atoms with Gasteiger partial charge in [-0.25, -0.2) is 0 Å². The Morgan fingerprint density at radius 3 is 2.50 bits per heavy atom. The van der Waals surface area contributed by atoms with Crippen LogP contribution in [-0.2, 0) is 4.79 Å². The van der Waals surface area contributed by atoms with Gasteiger partial charge in [0.25, 0.3) is 5.91 Å². The lowest BCUT2D eigenvalue weighted by Gasteiger charge is -2.15. The Labute approximate surface area is 109 Å². The number of carbonyl (C=O) groups excluding carboxylic acids is 1. The molecule has 100 valence electrons. The normalized spacial score (nSPS) is 21.6. The molecule has 18 heavy (non-hydrogen) atoms. The highest BCUT2D eigenvalue weighted by molar-refractivity contribution is 6.31. The van der Waals surface area contributed by atoms with E-state index in [1.165, 1.54) is 12.1 Å². The lowest BCUT2D eigenvalue weighted by molar-refractivity contribution is -0.148. The van der Waals surface area contributed by atoms with E-state index in [4.69, 9.17) is 16.7 Å². The molecule has 1 heterocycles. The van der Waals surface area contributed by atoms with E-state index in [1.807, 2.05) is 13.8 Å². The van der Waals surface area contributed by atoms with Crippen molar-refractivity contribution in [2.24, 2.45) is 0 Å². The van der Waals surface area contributed by atoms with Crippen molar-refractivity contribution in [1.82, 2.24) is 0 Å². The number of alkyl halides is 2. The largest absolute Gasteiger partial charge is 0.384 e. The van der Waals surface area contributed by atoms with Gasteiger partial charge in [-0.15, -0.1) is 0 Å². The number of aliphatic hydroxyl groups excluding tert-OH is 1. The molecule has 1 N–H and O–H groups in total. The molecule has 6 heteroatoms. The molecule has 1 aromatic rings. The first-order valence-electron chi connectivity index (χ1n) is 5.56. The van der Waals surface area contributed by atoms with E-state index in [2.05, 4.69) is 0 Å². The number of hydrogen-bond donors (Lipinski definition) is 1. The van der Waals surface area contributed by atoms with Crippen LogP contribution in [0.1, 0.15) is 13.8 Å². The van der Waals surface area contributed by atoms with Crippen LogP contribution >= 0.6 is 11.6 Å². The van der Waals surface area contributed by atoms with Crippen LogP contribution in [-0.4, -0.2) is 29.6 Å². The van der Waals surface area contributed by atoms with E-state index in [0.717, 1.165) is 4.90 Å². The number of rotatable bonds is 1. The highest BCUT2D eigenvalue weighted by atomic mass is 35.5. The van der Waals surface area contributed by atoms with Gasteiger partial charge in [-0.2, -0.15) is 8.78 Å². The molecule has 1 amide bonds. The van der Waals surface area contributed by atoms with Crippen molar-refractivity contribution < 1.29 is 18.7 Å². The second-order valence-electron chi connectivity index (χ2n) is 3.53. The zero-order valence-corrected chi connectivity index (χ0v) is 10.8. The molecule has 1 atom stereocenters. The van der Waals surface area contributed by atoms with Crippen LogP contribution in [0.25, 0.3) is 0 Å². The van der Waals surface area contributed by atoms with Gasteiger partial charge in [-0.05, 0) is 18.2 Å². The Bertz CT molecular complexity index is 440. The first kappa shape index (κ1) is 14.9. The highest BCUT2D eigenvalue weighted by Crippen LogP contribution is 2.33. The molecule has 0 aromatic heterocycles. The summed E-state index contributed by atoms with van der Waals surface area (Å²) in [5.74, 6) is -5.12. The second kappa shape index (κ2) is 5.63. The summed E-state index contributed by atoms with van der Waals surface area (Å²) in [4.78, 5) is 12.2. The lowest BCUT2D eigenvalue weighted by Crippen LogP contribution is -2.36. The molecule has 1 aliphatic heterocycles. The van der Waals surface area contributed by atoms with Gasteiger partial charge in [-0.3, -0.25) is 4.79 Å². The molecule has 1 aliphatic rings.